The first-order valence-electron chi connectivity index (χ1n) is 6.61. The summed E-state index contributed by atoms with van der Waals surface area (Å²) in [5.41, 5.74) is 8.61. The monoisotopic (exact) mass is 303 g/mol. The predicted octanol–water partition coefficient (Wildman–Crippen LogP) is 3.11. The van der Waals surface area contributed by atoms with E-state index in [0.717, 1.165) is 12.8 Å². The fourth-order valence-electron chi connectivity index (χ4n) is 2.47. The van der Waals surface area contributed by atoms with Gasteiger partial charge < -0.3 is 15.7 Å². The van der Waals surface area contributed by atoms with E-state index < -0.39 is 0 Å². The number of oxime groups is 1. The molecule has 1 aliphatic rings. The molecule has 0 spiro atoms. The predicted molar refractivity (Wildman–Crippen MR) is 80.3 cm³/mol. The summed E-state index contributed by atoms with van der Waals surface area (Å²) >= 11 is 6.19. The van der Waals surface area contributed by atoms with Crippen molar-refractivity contribution in [3.05, 3.63) is 52.2 Å². The van der Waals surface area contributed by atoms with Crippen LogP contribution in [0, 0.1) is 0 Å². The number of hydrogen-bond donors (Lipinski definition) is 2. The van der Waals surface area contributed by atoms with Crippen LogP contribution < -0.4 is 10.5 Å². The molecule has 3 N–H and O–H groups in total. The van der Waals surface area contributed by atoms with Crippen LogP contribution in [0.1, 0.15) is 23.1 Å². The first-order chi connectivity index (χ1) is 10.2. The van der Waals surface area contributed by atoms with Gasteiger partial charge in [-0.1, -0.05) is 22.8 Å². The molecule has 108 valence electrons. The Labute approximate surface area is 127 Å². The molecule has 3 rings (SSSR count). The van der Waals surface area contributed by atoms with E-state index in [2.05, 4.69) is 16.2 Å². The van der Waals surface area contributed by atoms with Gasteiger partial charge in [-0.15, -0.1) is 0 Å². The van der Waals surface area contributed by atoms with E-state index in [9.17, 15) is 0 Å². The van der Waals surface area contributed by atoms with E-state index >= 15 is 0 Å². The topological polar surface area (TPSA) is 80.7 Å². The van der Waals surface area contributed by atoms with Crippen LogP contribution in [0.5, 0.6) is 11.6 Å². The standard InChI is InChI=1S/C15H14ClN3O2/c16-13-12(14(17)19-20)6-7-18-15(13)21-11-5-4-9-2-1-3-10(9)8-11/h4-8,20H,1-3H2,(H2,17,19). The van der Waals surface area contributed by atoms with Gasteiger partial charge in [0.1, 0.15) is 10.8 Å². The number of aromatic nitrogens is 1. The van der Waals surface area contributed by atoms with Crippen LogP contribution in [0.15, 0.2) is 35.6 Å². The molecular formula is C15H14ClN3O2. The Balaban J connectivity index is 1.92. The number of nitrogens with two attached hydrogens (primary N) is 1. The van der Waals surface area contributed by atoms with Crippen molar-refractivity contribution in [2.45, 2.75) is 19.3 Å². The summed E-state index contributed by atoms with van der Waals surface area (Å²) < 4.78 is 5.73. The Hall–Kier alpha value is -2.27. The maximum absolute atomic E-state index is 8.74. The lowest BCUT2D eigenvalue weighted by molar-refractivity contribution is 0.318. The second-order valence-corrected chi connectivity index (χ2v) is 5.23. The van der Waals surface area contributed by atoms with E-state index in [1.807, 2.05) is 12.1 Å². The molecule has 0 saturated carbocycles. The number of ether oxygens (including phenoxy) is 1. The van der Waals surface area contributed by atoms with Crippen molar-refractivity contribution in [3.63, 3.8) is 0 Å². The SMILES string of the molecule is N/C(=N/O)c1ccnc(Oc2ccc3c(c2)CCC3)c1Cl. The van der Waals surface area contributed by atoms with E-state index in [1.165, 1.54) is 23.7 Å². The molecule has 0 amide bonds. The highest BCUT2D eigenvalue weighted by Gasteiger charge is 2.15. The number of amidine groups is 1. The summed E-state index contributed by atoms with van der Waals surface area (Å²) in [4.78, 5) is 4.10. The Kier molecular flexibility index (Phi) is 3.66. The van der Waals surface area contributed by atoms with Crippen molar-refractivity contribution in [2.75, 3.05) is 0 Å². The number of pyridine rings is 1. The quantitative estimate of drug-likeness (QED) is 0.395. The van der Waals surface area contributed by atoms with Crippen molar-refractivity contribution in [2.24, 2.45) is 10.9 Å². The zero-order valence-electron chi connectivity index (χ0n) is 11.2. The molecular weight excluding hydrogens is 290 g/mol. The van der Waals surface area contributed by atoms with Gasteiger partial charge in [-0.05, 0) is 48.6 Å². The molecule has 0 atom stereocenters. The fraction of sp³-hybridized carbons (Fsp3) is 0.200. The zero-order valence-corrected chi connectivity index (χ0v) is 12.0. The molecule has 1 aromatic heterocycles. The first-order valence-corrected chi connectivity index (χ1v) is 6.99. The Morgan fingerprint density at radius 3 is 2.90 bits per heavy atom. The number of hydrogen-bond acceptors (Lipinski definition) is 4. The van der Waals surface area contributed by atoms with Crippen LogP contribution >= 0.6 is 11.6 Å². The first kappa shape index (κ1) is 13.7. The van der Waals surface area contributed by atoms with Gasteiger partial charge >= 0.3 is 0 Å². The summed E-state index contributed by atoms with van der Waals surface area (Å²) in [5.74, 6) is 0.835. The van der Waals surface area contributed by atoms with Gasteiger partial charge in [-0.25, -0.2) is 4.98 Å². The highest BCUT2D eigenvalue weighted by atomic mass is 35.5. The fourth-order valence-corrected chi connectivity index (χ4v) is 2.72. The molecule has 0 bridgehead atoms. The average molecular weight is 304 g/mol. The Morgan fingerprint density at radius 2 is 2.10 bits per heavy atom. The van der Waals surface area contributed by atoms with Gasteiger partial charge in [0.15, 0.2) is 5.84 Å². The largest absolute Gasteiger partial charge is 0.438 e. The number of halogens is 1. The molecule has 1 heterocycles. The molecule has 0 aliphatic heterocycles. The van der Waals surface area contributed by atoms with Crippen LogP contribution in [0.2, 0.25) is 5.02 Å². The van der Waals surface area contributed by atoms with Crippen LogP contribution in [0.3, 0.4) is 0 Å². The van der Waals surface area contributed by atoms with Crippen LogP contribution in [0.4, 0.5) is 0 Å². The van der Waals surface area contributed by atoms with Crippen LogP contribution in [0.25, 0.3) is 0 Å². The van der Waals surface area contributed by atoms with E-state index in [4.69, 9.17) is 27.3 Å². The highest BCUT2D eigenvalue weighted by Crippen LogP contribution is 2.32. The number of fused-ring (bicyclic) bond motifs is 1. The minimum absolute atomic E-state index is 0.0822. The average Bonchev–Trinajstić information content (AvgIpc) is 2.96. The van der Waals surface area contributed by atoms with Gasteiger partial charge in [0.05, 0.1) is 0 Å². The third-order valence-electron chi connectivity index (χ3n) is 3.53. The molecule has 6 heteroatoms. The second kappa shape index (κ2) is 5.61. The molecule has 0 unspecified atom stereocenters. The lowest BCUT2D eigenvalue weighted by atomic mass is 10.1. The summed E-state index contributed by atoms with van der Waals surface area (Å²) in [5, 5.41) is 11.9. The maximum Gasteiger partial charge on any atom is 0.238 e. The van der Waals surface area contributed by atoms with E-state index in [-0.39, 0.29) is 16.7 Å². The number of aryl methyl sites for hydroxylation is 2. The zero-order chi connectivity index (χ0) is 14.8. The summed E-state index contributed by atoms with van der Waals surface area (Å²) in [6, 6.07) is 7.54. The van der Waals surface area contributed by atoms with Crippen molar-refractivity contribution < 1.29 is 9.94 Å². The van der Waals surface area contributed by atoms with Crippen molar-refractivity contribution in [3.8, 4) is 11.6 Å². The van der Waals surface area contributed by atoms with Crippen molar-refractivity contribution in [1.82, 2.24) is 4.98 Å². The molecule has 2 aromatic rings. The summed E-state index contributed by atoms with van der Waals surface area (Å²) in [6.45, 7) is 0. The second-order valence-electron chi connectivity index (χ2n) is 4.85. The molecule has 1 aliphatic carbocycles. The lowest BCUT2D eigenvalue weighted by Gasteiger charge is -2.10. The Morgan fingerprint density at radius 1 is 1.29 bits per heavy atom. The normalized spacial score (nSPS) is 14.0. The van der Waals surface area contributed by atoms with Crippen LogP contribution in [-0.2, 0) is 12.8 Å². The van der Waals surface area contributed by atoms with Gasteiger partial charge in [0.2, 0.25) is 5.88 Å². The van der Waals surface area contributed by atoms with E-state index in [0.29, 0.717) is 11.3 Å². The summed E-state index contributed by atoms with van der Waals surface area (Å²) in [7, 11) is 0. The molecule has 0 radical (unpaired) electrons. The number of rotatable bonds is 3. The molecule has 0 fully saturated rings. The highest BCUT2D eigenvalue weighted by molar-refractivity contribution is 6.35. The van der Waals surface area contributed by atoms with Gasteiger partial charge in [-0.2, -0.15) is 0 Å². The number of benzene rings is 1. The van der Waals surface area contributed by atoms with E-state index in [1.54, 1.807) is 6.07 Å². The molecule has 5 nitrogen and oxygen atoms in total. The molecule has 21 heavy (non-hydrogen) atoms. The van der Waals surface area contributed by atoms with Gasteiger partial charge in [0.25, 0.3) is 0 Å². The minimum atomic E-state index is -0.0822. The molecule has 1 aromatic carbocycles. The lowest BCUT2D eigenvalue weighted by Crippen LogP contribution is -2.14. The van der Waals surface area contributed by atoms with Gasteiger partial charge in [-0.3, -0.25) is 0 Å². The smallest absolute Gasteiger partial charge is 0.238 e. The minimum Gasteiger partial charge on any atom is -0.438 e. The third-order valence-corrected chi connectivity index (χ3v) is 3.89. The summed E-state index contributed by atoms with van der Waals surface area (Å²) in [6.07, 6.45) is 4.87. The van der Waals surface area contributed by atoms with Crippen molar-refractivity contribution in [1.29, 1.82) is 0 Å². The van der Waals surface area contributed by atoms with Crippen molar-refractivity contribution >= 4 is 17.4 Å². The Bertz CT molecular complexity index is 716. The van der Waals surface area contributed by atoms with Gasteiger partial charge in [0, 0.05) is 11.8 Å². The third kappa shape index (κ3) is 2.64. The maximum atomic E-state index is 8.74. The molecule has 0 saturated heterocycles. The van der Waals surface area contributed by atoms with Crippen LogP contribution in [-0.4, -0.2) is 16.0 Å². The number of nitrogens with zero attached hydrogens (tertiary/aromatic N) is 2.